The number of thiophene rings is 1. The summed E-state index contributed by atoms with van der Waals surface area (Å²) in [5.74, 6) is -0.667. The molecule has 0 aliphatic rings. The highest BCUT2D eigenvalue weighted by atomic mass is 32.1. The minimum atomic E-state index is -1.03. The molecule has 0 atom stereocenters. The molecule has 2 heterocycles. The maximum Gasteiger partial charge on any atom is 0.335 e. The number of hydrogen-bond acceptors (Lipinski definition) is 7. The van der Waals surface area contributed by atoms with Gasteiger partial charge in [-0.25, -0.2) is 10.2 Å². The first-order valence-corrected chi connectivity index (χ1v) is 9.67. The standard InChI is InChI=1S/C21H13N3O6S/c25-20(19-10-14-9-15(24(28)29)4-7-18(14)31-19)23-22-11-16-5-6-17(30-16)12-2-1-3-13(8-12)21(26)27/h1-11H,(H,23,25)(H,26,27)/b22-11+. The lowest BCUT2D eigenvalue weighted by atomic mass is 10.1. The molecule has 2 aromatic heterocycles. The molecule has 2 aromatic carbocycles. The van der Waals surface area contributed by atoms with E-state index >= 15 is 0 Å². The highest BCUT2D eigenvalue weighted by Gasteiger charge is 2.13. The Hall–Kier alpha value is -4.31. The van der Waals surface area contributed by atoms with Crippen molar-refractivity contribution in [2.45, 2.75) is 0 Å². The number of hydrogen-bond donors (Lipinski definition) is 2. The number of nitro benzene ring substituents is 1. The van der Waals surface area contributed by atoms with Crippen LogP contribution in [0.15, 0.2) is 70.2 Å². The molecule has 2 N–H and O–H groups in total. The van der Waals surface area contributed by atoms with Gasteiger partial charge in [-0.05, 0) is 36.4 Å². The lowest BCUT2D eigenvalue weighted by Gasteiger charge is -1.99. The predicted octanol–water partition coefficient (Wildman–Crippen LogP) is 4.53. The molecule has 1 amide bonds. The first-order valence-electron chi connectivity index (χ1n) is 8.86. The maximum atomic E-state index is 12.3. The van der Waals surface area contributed by atoms with Gasteiger partial charge in [0.15, 0.2) is 0 Å². The Balaban J connectivity index is 1.45. The molecule has 0 fully saturated rings. The number of amides is 1. The third-order valence-electron chi connectivity index (χ3n) is 4.31. The average Bonchev–Trinajstić information content (AvgIpc) is 3.40. The van der Waals surface area contributed by atoms with E-state index < -0.39 is 16.8 Å². The molecule has 4 aromatic rings. The number of carbonyl (C=O) groups excluding carboxylic acids is 1. The normalized spacial score (nSPS) is 11.1. The second-order valence-electron chi connectivity index (χ2n) is 6.38. The number of nitro groups is 1. The van der Waals surface area contributed by atoms with Crippen molar-refractivity contribution in [1.29, 1.82) is 0 Å². The Labute approximate surface area is 178 Å². The Morgan fingerprint density at radius 2 is 1.97 bits per heavy atom. The van der Waals surface area contributed by atoms with Crippen LogP contribution in [-0.2, 0) is 0 Å². The second kappa shape index (κ2) is 8.20. The van der Waals surface area contributed by atoms with Crippen LogP contribution in [0.3, 0.4) is 0 Å². The Bertz CT molecular complexity index is 1350. The fourth-order valence-electron chi connectivity index (χ4n) is 2.85. The lowest BCUT2D eigenvalue weighted by molar-refractivity contribution is -0.384. The second-order valence-corrected chi connectivity index (χ2v) is 7.46. The summed E-state index contributed by atoms with van der Waals surface area (Å²) in [7, 11) is 0. The first-order chi connectivity index (χ1) is 14.9. The molecule has 0 saturated carbocycles. The largest absolute Gasteiger partial charge is 0.478 e. The molecule has 0 bridgehead atoms. The maximum absolute atomic E-state index is 12.3. The molecule has 10 heteroatoms. The van der Waals surface area contributed by atoms with Crippen molar-refractivity contribution in [3.05, 3.63) is 87.0 Å². The smallest absolute Gasteiger partial charge is 0.335 e. The van der Waals surface area contributed by atoms with Crippen LogP contribution >= 0.6 is 11.3 Å². The van der Waals surface area contributed by atoms with E-state index in [0.717, 1.165) is 4.70 Å². The molecule has 0 spiro atoms. The molecule has 0 aliphatic heterocycles. The Morgan fingerprint density at radius 3 is 2.74 bits per heavy atom. The number of hydrazone groups is 1. The molecular weight excluding hydrogens is 422 g/mol. The van der Waals surface area contributed by atoms with Gasteiger partial charge in [0.1, 0.15) is 11.5 Å². The van der Waals surface area contributed by atoms with Gasteiger partial charge < -0.3 is 9.52 Å². The van der Waals surface area contributed by atoms with Gasteiger partial charge in [0.25, 0.3) is 11.6 Å². The number of fused-ring (bicyclic) bond motifs is 1. The first kappa shape index (κ1) is 20.0. The number of rotatable bonds is 6. The van der Waals surface area contributed by atoms with Crippen molar-refractivity contribution >= 4 is 45.2 Å². The van der Waals surface area contributed by atoms with Gasteiger partial charge >= 0.3 is 5.97 Å². The van der Waals surface area contributed by atoms with E-state index in [4.69, 9.17) is 9.52 Å². The van der Waals surface area contributed by atoms with E-state index in [1.54, 1.807) is 36.4 Å². The van der Waals surface area contributed by atoms with Gasteiger partial charge in [-0.15, -0.1) is 11.3 Å². The summed E-state index contributed by atoms with van der Waals surface area (Å²) in [6, 6.07) is 15.6. The third kappa shape index (κ3) is 4.33. The number of nitrogens with zero attached hydrogens (tertiary/aromatic N) is 2. The molecule has 0 saturated heterocycles. The number of carbonyl (C=O) groups is 2. The SMILES string of the molecule is O=C(O)c1cccc(-c2ccc(/C=N/NC(=O)c3cc4cc([N+](=O)[O-])ccc4s3)o2)c1. The fraction of sp³-hybridized carbons (Fsp3) is 0. The fourth-order valence-corrected chi connectivity index (χ4v) is 3.78. The van der Waals surface area contributed by atoms with Crippen molar-refractivity contribution in [3.8, 4) is 11.3 Å². The van der Waals surface area contributed by atoms with E-state index in [9.17, 15) is 19.7 Å². The van der Waals surface area contributed by atoms with Crippen LogP contribution in [0.1, 0.15) is 25.8 Å². The summed E-state index contributed by atoms with van der Waals surface area (Å²) in [6.07, 6.45) is 1.32. The van der Waals surface area contributed by atoms with Crippen LogP contribution in [0.5, 0.6) is 0 Å². The molecule has 31 heavy (non-hydrogen) atoms. The van der Waals surface area contributed by atoms with Gasteiger partial charge in [0.2, 0.25) is 0 Å². The minimum Gasteiger partial charge on any atom is -0.478 e. The van der Waals surface area contributed by atoms with E-state index in [2.05, 4.69) is 10.5 Å². The highest BCUT2D eigenvalue weighted by Crippen LogP contribution is 2.29. The van der Waals surface area contributed by atoms with E-state index in [0.29, 0.717) is 27.3 Å². The summed E-state index contributed by atoms with van der Waals surface area (Å²) in [5, 5.41) is 24.4. The van der Waals surface area contributed by atoms with Crippen molar-refractivity contribution in [2.24, 2.45) is 5.10 Å². The third-order valence-corrected chi connectivity index (χ3v) is 5.43. The monoisotopic (exact) mass is 435 g/mol. The molecule has 0 aliphatic carbocycles. The van der Waals surface area contributed by atoms with Crippen molar-refractivity contribution in [1.82, 2.24) is 5.43 Å². The van der Waals surface area contributed by atoms with E-state index in [-0.39, 0.29) is 11.3 Å². The van der Waals surface area contributed by atoms with Gasteiger partial charge in [0.05, 0.1) is 21.6 Å². The van der Waals surface area contributed by atoms with E-state index in [1.165, 1.54) is 41.8 Å². The lowest BCUT2D eigenvalue weighted by Crippen LogP contribution is -2.15. The summed E-state index contributed by atoms with van der Waals surface area (Å²) in [5.41, 5.74) is 3.09. The molecule has 0 unspecified atom stereocenters. The number of carboxylic acid groups (broad SMARTS) is 1. The van der Waals surface area contributed by atoms with Crippen LogP contribution in [-0.4, -0.2) is 28.1 Å². The molecule has 0 radical (unpaired) electrons. The predicted molar refractivity (Wildman–Crippen MR) is 115 cm³/mol. The molecule has 9 nitrogen and oxygen atoms in total. The van der Waals surface area contributed by atoms with Gasteiger partial charge in [-0.3, -0.25) is 14.9 Å². The van der Waals surface area contributed by atoms with E-state index in [1.807, 2.05) is 0 Å². The van der Waals surface area contributed by atoms with Crippen LogP contribution in [0.4, 0.5) is 5.69 Å². The van der Waals surface area contributed by atoms with Gasteiger partial charge in [-0.2, -0.15) is 5.10 Å². The summed E-state index contributed by atoms with van der Waals surface area (Å²) in [4.78, 5) is 34.2. The number of furan rings is 1. The Morgan fingerprint density at radius 1 is 1.13 bits per heavy atom. The summed E-state index contributed by atoms with van der Waals surface area (Å²) < 4.78 is 6.37. The minimum absolute atomic E-state index is 0.0437. The topological polar surface area (TPSA) is 135 Å². The van der Waals surface area contributed by atoms with Crippen molar-refractivity contribution in [3.63, 3.8) is 0 Å². The average molecular weight is 435 g/mol. The van der Waals surface area contributed by atoms with Gasteiger partial charge in [0, 0.05) is 27.8 Å². The quantitative estimate of drug-likeness (QED) is 0.259. The number of non-ortho nitro benzene ring substituents is 1. The number of aromatic carboxylic acids is 1. The molecule has 4 rings (SSSR count). The van der Waals surface area contributed by atoms with Crippen LogP contribution in [0.2, 0.25) is 0 Å². The zero-order valence-electron chi connectivity index (χ0n) is 15.6. The zero-order valence-corrected chi connectivity index (χ0v) is 16.5. The zero-order chi connectivity index (χ0) is 22.0. The Kier molecular flexibility index (Phi) is 5.29. The number of benzene rings is 2. The number of nitrogens with one attached hydrogen (secondary N) is 1. The van der Waals surface area contributed by atoms with Crippen molar-refractivity contribution < 1.29 is 24.0 Å². The summed E-state index contributed by atoms with van der Waals surface area (Å²) in [6.45, 7) is 0. The molecular formula is C21H13N3O6S. The number of carboxylic acids is 1. The van der Waals surface area contributed by atoms with Crippen LogP contribution < -0.4 is 5.43 Å². The van der Waals surface area contributed by atoms with Crippen LogP contribution in [0.25, 0.3) is 21.4 Å². The van der Waals surface area contributed by atoms with Gasteiger partial charge in [-0.1, -0.05) is 12.1 Å². The van der Waals surface area contributed by atoms with Crippen LogP contribution in [0, 0.1) is 10.1 Å². The van der Waals surface area contributed by atoms with Crippen molar-refractivity contribution in [2.75, 3.05) is 0 Å². The summed E-state index contributed by atoms with van der Waals surface area (Å²) >= 11 is 1.20. The molecule has 154 valence electrons. The highest BCUT2D eigenvalue weighted by molar-refractivity contribution is 7.20.